The molecule has 8 nitrogen and oxygen atoms in total. The van der Waals surface area contributed by atoms with Crippen molar-refractivity contribution in [3.63, 3.8) is 0 Å². The van der Waals surface area contributed by atoms with E-state index in [0.717, 1.165) is 12.0 Å². The third kappa shape index (κ3) is 6.54. The van der Waals surface area contributed by atoms with Crippen LogP contribution in [0.25, 0.3) is 0 Å². The maximum absolute atomic E-state index is 13.2. The van der Waals surface area contributed by atoms with E-state index in [4.69, 9.17) is 0 Å². The van der Waals surface area contributed by atoms with Gasteiger partial charge in [0.05, 0.1) is 18.1 Å². The number of carbonyl (C=O) groups is 3. The molecule has 2 fully saturated rings. The smallest absolute Gasteiger partial charge is 0.242 e. The molecule has 2 saturated heterocycles. The SMILES string of the molecule is CCCN1CC(C(=O)NC(CC(C)C)[C@H](O)[C@@H]2NCCN(Cc3ccccc3)C2=O)CC1=O. The van der Waals surface area contributed by atoms with E-state index in [2.05, 4.69) is 10.6 Å². The van der Waals surface area contributed by atoms with Gasteiger partial charge in [0.25, 0.3) is 0 Å². The molecule has 3 amide bonds. The van der Waals surface area contributed by atoms with Gasteiger partial charge in [0.2, 0.25) is 17.7 Å². The van der Waals surface area contributed by atoms with Crippen molar-refractivity contribution in [1.29, 1.82) is 0 Å². The van der Waals surface area contributed by atoms with Crippen molar-refractivity contribution in [3.05, 3.63) is 35.9 Å². The predicted molar refractivity (Wildman–Crippen MR) is 126 cm³/mol. The van der Waals surface area contributed by atoms with Crippen molar-refractivity contribution >= 4 is 17.7 Å². The molecule has 2 unspecified atom stereocenters. The van der Waals surface area contributed by atoms with E-state index >= 15 is 0 Å². The number of benzene rings is 1. The van der Waals surface area contributed by atoms with Gasteiger partial charge in [-0.3, -0.25) is 14.4 Å². The van der Waals surface area contributed by atoms with Crippen molar-refractivity contribution in [3.8, 4) is 0 Å². The van der Waals surface area contributed by atoms with Gasteiger partial charge >= 0.3 is 0 Å². The summed E-state index contributed by atoms with van der Waals surface area (Å²) in [5.41, 5.74) is 1.04. The van der Waals surface area contributed by atoms with Crippen LogP contribution in [0, 0.1) is 11.8 Å². The molecule has 0 saturated carbocycles. The maximum Gasteiger partial charge on any atom is 0.242 e. The van der Waals surface area contributed by atoms with Crippen LogP contribution in [0.3, 0.4) is 0 Å². The van der Waals surface area contributed by atoms with Crippen LogP contribution >= 0.6 is 0 Å². The number of piperazine rings is 1. The van der Waals surface area contributed by atoms with E-state index in [1.807, 2.05) is 51.1 Å². The van der Waals surface area contributed by atoms with Gasteiger partial charge in [-0.15, -0.1) is 0 Å². The molecule has 0 aromatic heterocycles. The predicted octanol–water partition coefficient (Wildman–Crippen LogP) is 1.14. The maximum atomic E-state index is 13.2. The number of carbonyl (C=O) groups excluding carboxylic acids is 3. The number of nitrogens with one attached hydrogen (secondary N) is 2. The summed E-state index contributed by atoms with van der Waals surface area (Å²) < 4.78 is 0. The monoisotopic (exact) mass is 458 g/mol. The fourth-order valence-corrected chi connectivity index (χ4v) is 4.74. The van der Waals surface area contributed by atoms with Crippen molar-refractivity contribution in [2.24, 2.45) is 11.8 Å². The molecular weight excluding hydrogens is 420 g/mol. The molecule has 182 valence electrons. The number of amides is 3. The minimum Gasteiger partial charge on any atom is -0.389 e. The highest BCUT2D eigenvalue weighted by molar-refractivity contribution is 5.89. The third-order valence-corrected chi connectivity index (χ3v) is 6.43. The second-order valence-electron chi connectivity index (χ2n) is 9.65. The lowest BCUT2D eigenvalue weighted by molar-refractivity contribution is -0.141. The van der Waals surface area contributed by atoms with E-state index in [0.29, 0.717) is 39.1 Å². The van der Waals surface area contributed by atoms with Crippen molar-refractivity contribution in [2.45, 2.75) is 64.8 Å². The zero-order valence-electron chi connectivity index (χ0n) is 20.0. The molecule has 2 aliphatic heterocycles. The Morgan fingerprint density at radius 2 is 1.94 bits per heavy atom. The van der Waals surface area contributed by atoms with Gasteiger partial charge in [-0.2, -0.15) is 0 Å². The van der Waals surface area contributed by atoms with Crippen molar-refractivity contribution in [2.75, 3.05) is 26.2 Å². The number of rotatable bonds is 10. The standard InChI is InChI=1S/C25H38N4O4/c1-4-11-28-16-19(14-21(28)30)24(32)27-20(13-17(2)3)23(31)22-25(33)29(12-10-26-22)15-18-8-6-5-7-9-18/h5-9,17,19-20,22-23,26,31H,4,10-16H2,1-3H3,(H,27,32)/t19?,20?,22-,23-/m0/s1. The Morgan fingerprint density at radius 3 is 2.61 bits per heavy atom. The summed E-state index contributed by atoms with van der Waals surface area (Å²) in [4.78, 5) is 41.9. The van der Waals surface area contributed by atoms with Gasteiger partial charge in [-0.1, -0.05) is 51.1 Å². The molecule has 8 heteroatoms. The minimum atomic E-state index is -1.06. The molecular formula is C25H38N4O4. The first-order valence-electron chi connectivity index (χ1n) is 12.1. The van der Waals surface area contributed by atoms with Gasteiger partial charge in [0, 0.05) is 39.1 Å². The molecule has 3 N–H and O–H groups in total. The van der Waals surface area contributed by atoms with Gasteiger partial charge in [0.1, 0.15) is 6.04 Å². The zero-order chi connectivity index (χ0) is 24.0. The summed E-state index contributed by atoms with van der Waals surface area (Å²) in [7, 11) is 0. The number of aliphatic hydroxyl groups excluding tert-OH is 1. The highest BCUT2D eigenvalue weighted by Crippen LogP contribution is 2.21. The van der Waals surface area contributed by atoms with Crippen LogP contribution < -0.4 is 10.6 Å². The van der Waals surface area contributed by atoms with Gasteiger partial charge < -0.3 is 25.5 Å². The first kappa shape index (κ1) is 25.2. The lowest BCUT2D eigenvalue weighted by Crippen LogP contribution is -2.64. The largest absolute Gasteiger partial charge is 0.389 e. The van der Waals surface area contributed by atoms with Crippen molar-refractivity contribution < 1.29 is 19.5 Å². The van der Waals surface area contributed by atoms with Gasteiger partial charge in [-0.25, -0.2) is 0 Å². The Labute approximate surface area is 196 Å². The Hall–Kier alpha value is -2.45. The van der Waals surface area contributed by atoms with Crippen LogP contribution in [0.2, 0.25) is 0 Å². The number of nitrogens with zero attached hydrogens (tertiary/aromatic N) is 2. The topological polar surface area (TPSA) is 102 Å². The van der Waals surface area contributed by atoms with Gasteiger partial charge in [-0.05, 0) is 24.3 Å². The lowest BCUT2D eigenvalue weighted by Gasteiger charge is -2.38. The number of hydrogen-bond acceptors (Lipinski definition) is 5. The average molecular weight is 459 g/mol. The van der Waals surface area contributed by atoms with E-state index in [-0.39, 0.29) is 30.1 Å². The molecule has 0 aliphatic carbocycles. The molecule has 1 aromatic carbocycles. The van der Waals surface area contributed by atoms with E-state index in [1.165, 1.54) is 0 Å². The highest BCUT2D eigenvalue weighted by Gasteiger charge is 2.40. The van der Waals surface area contributed by atoms with E-state index < -0.39 is 24.1 Å². The second kappa shape index (κ2) is 11.6. The lowest BCUT2D eigenvalue weighted by atomic mass is 9.92. The molecule has 4 atom stereocenters. The molecule has 0 spiro atoms. The minimum absolute atomic E-state index is 0.00126. The third-order valence-electron chi connectivity index (χ3n) is 6.43. The fraction of sp³-hybridized carbons (Fsp3) is 0.640. The Bertz CT molecular complexity index is 816. The molecule has 3 rings (SSSR count). The Balaban J connectivity index is 1.66. The molecule has 2 aliphatic rings. The van der Waals surface area contributed by atoms with Crippen LogP contribution in [0.5, 0.6) is 0 Å². The van der Waals surface area contributed by atoms with Crippen molar-refractivity contribution in [1.82, 2.24) is 20.4 Å². The summed E-state index contributed by atoms with van der Waals surface area (Å²) in [5, 5.41) is 17.3. The number of aliphatic hydroxyl groups is 1. The summed E-state index contributed by atoms with van der Waals surface area (Å²) in [5.74, 6) is -0.596. The summed E-state index contributed by atoms with van der Waals surface area (Å²) in [6.45, 7) is 8.74. The summed E-state index contributed by atoms with van der Waals surface area (Å²) >= 11 is 0. The van der Waals surface area contributed by atoms with E-state index in [1.54, 1.807) is 9.80 Å². The van der Waals surface area contributed by atoms with Crippen LogP contribution in [0.15, 0.2) is 30.3 Å². The summed E-state index contributed by atoms with van der Waals surface area (Å²) in [6, 6.07) is 8.42. The first-order chi connectivity index (χ1) is 15.8. The fourth-order valence-electron chi connectivity index (χ4n) is 4.74. The van der Waals surface area contributed by atoms with Gasteiger partial charge in [0.15, 0.2) is 0 Å². The van der Waals surface area contributed by atoms with Crippen LogP contribution in [0.1, 0.15) is 45.6 Å². The summed E-state index contributed by atoms with van der Waals surface area (Å²) in [6.07, 6.45) is 0.522. The van der Waals surface area contributed by atoms with Crippen LogP contribution in [-0.4, -0.2) is 77.0 Å². The van der Waals surface area contributed by atoms with E-state index in [9.17, 15) is 19.5 Å². The molecule has 2 heterocycles. The second-order valence-corrected chi connectivity index (χ2v) is 9.65. The molecule has 33 heavy (non-hydrogen) atoms. The zero-order valence-corrected chi connectivity index (χ0v) is 20.0. The van der Waals surface area contributed by atoms with Crippen LogP contribution in [0.4, 0.5) is 0 Å². The molecule has 1 aromatic rings. The Kier molecular flexibility index (Phi) is 8.86. The quantitative estimate of drug-likeness (QED) is 0.488. The van der Waals surface area contributed by atoms with Crippen LogP contribution in [-0.2, 0) is 20.9 Å². The highest BCUT2D eigenvalue weighted by atomic mass is 16.3. The molecule has 0 bridgehead atoms. The normalized spacial score (nSPS) is 23.2. The number of hydrogen-bond donors (Lipinski definition) is 3. The molecule has 0 radical (unpaired) electrons. The average Bonchev–Trinajstić information content (AvgIpc) is 3.15. The Morgan fingerprint density at radius 1 is 1.21 bits per heavy atom. The first-order valence-corrected chi connectivity index (χ1v) is 12.1. The number of likely N-dealkylation sites (tertiary alicyclic amines) is 1.